The zero-order chi connectivity index (χ0) is 21.5. The lowest BCUT2D eigenvalue weighted by Crippen LogP contribution is -2.65. The average Bonchev–Trinajstić information content (AvgIpc) is 2.24. The van der Waals surface area contributed by atoms with Crippen LogP contribution in [-0.4, -0.2) is 46.6 Å². The van der Waals surface area contributed by atoms with Gasteiger partial charge in [0.05, 0.1) is 5.92 Å². The molecule has 162 valence electrons. The molecule has 0 aromatic heterocycles. The molecule has 1 aliphatic rings. The van der Waals surface area contributed by atoms with E-state index >= 15 is 0 Å². The molecular formula is C13H28F6O4Si4. The second kappa shape index (κ2) is 7.85. The van der Waals surface area contributed by atoms with Crippen molar-refractivity contribution in [2.24, 2.45) is 5.92 Å². The molecule has 1 atom stereocenters. The van der Waals surface area contributed by atoms with Crippen molar-refractivity contribution in [3.05, 3.63) is 0 Å². The predicted octanol–water partition coefficient (Wildman–Crippen LogP) is 5.76. The minimum absolute atomic E-state index is 0.617. The average molecular weight is 475 g/mol. The van der Waals surface area contributed by atoms with Crippen molar-refractivity contribution < 1.29 is 42.8 Å². The molecule has 1 saturated heterocycles. The highest BCUT2D eigenvalue weighted by Gasteiger charge is 2.55. The van der Waals surface area contributed by atoms with E-state index in [1.165, 1.54) is 6.55 Å². The van der Waals surface area contributed by atoms with Crippen LogP contribution in [0.4, 0.5) is 26.3 Å². The van der Waals surface area contributed by atoms with Crippen molar-refractivity contribution in [1.82, 2.24) is 0 Å². The highest BCUT2D eigenvalue weighted by atomic mass is 28.5. The Hall–Kier alpha value is 0.288. The number of alkyl halides is 6. The summed E-state index contributed by atoms with van der Waals surface area (Å²) in [4.78, 5) is 0. The van der Waals surface area contributed by atoms with Crippen LogP contribution in [0.3, 0.4) is 0 Å². The fourth-order valence-corrected chi connectivity index (χ4v) is 25.5. The fraction of sp³-hybridized carbons (Fsp3) is 1.00. The van der Waals surface area contributed by atoms with Gasteiger partial charge in [0.15, 0.2) is 0 Å². The second-order valence-corrected chi connectivity index (χ2v) is 22.7. The SMILES string of the molecule is C[Si]1(C)O[Si](C)(C)O[Si](C)(CC(CCC(F)(F)F)C(F)(F)F)O[Si](C)(C)O1. The van der Waals surface area contributed by atoms with Gasteiger partial charge in [0.2, 0.25) is 0 Å². The van der Waals surface area contributed by atoms with Crippen molar-refractivity contribution >= 4 is 34.2 Å². The standard InChI is InChI=1S/C13H28F6O4Si4/c1-24(2)20-25(3,4)22-27(7,23-26(5,6)21-24)10-11(13(17,18)19)8-9-12(14,15)16/h11H,8-10H2,1-7H3. The van der Waals surface area contributed by atoms with E-state index in [1.807, 2.05) is 13.1 Å². The Bertz CT molecular complexity index is 502. The summed E-state index contributed by atoms with van der Waals surface area (Å²) in [5.41, 5.74) is 0. The lowest BCUT2D eigenvalue weighted by molar-refractivity contribution is -0.186. The third-order valence-electron chi connectivity index (χ3n) is 3.76. The van der Waals surface area contributed by atoms with Gasteiger partial charge in [0.1, 0.15) is 0 Å². The van der Waals surface area contributed by atoms with Crippen LogP contribution in [0.15, 0.2) is 0 Å². The molecule has 1 heterocycles. The first kappa shape index (κ1) is 25.3. The summed E-state index contributed by atoms with van der Waals surface area (Å²) in [6.45, 7) is 11.9. The van der Waals surface area contributed by atoms with Crippen molar-refractivity contribution in [2.45, 2.75) is 77.1 Å². The lowest BCUT2D eigenvalue weighted by atomic mass is 10.1. The number of halogens is 6. The number of hydrogen-bond donors (Lipinski definition) is 0. The van der Waals surface area contributed by atoms with E-state index in [2.05, 4.69) is 0 Å². The summed E-state index contributed by atoms with van der Waals surface area (Å²) >= 11 is 0. The summed E-state index contributed by atoms with van der Waals surface area (Å²) in [6, 6.07) is -0.617. The molecule has 0 bridgehead atoms. The highest BCUT2D eigenvalue weighted by Crippen LogP contribution is 2.41. The quantitative estimate of drug-likeness (QED) is 0.383. The van der Waals surface area contributed by atoms with Gasteiger partial charge < -0.3 is 16.5 Å². The van der Waals surface area contributed by atoms with Crippen molar-refractivity contribution in [1.29, 1.82) is 0 Å². The van der Waals surface area contributed by atoms with Crippen molar-refractivity contribution in [3.8, 4) is 0 Å². The molecule has 0 spiro atoms. The number of rotatable bonds is 4. The molecule has 0 aromatic carbocycles. The lowest BCUT2D eigenvalue weighted by Gasteiger charge is -2.48. The minimum atomic E-state index is -4.77. The van der Waals surface area contributed by atoms with Gasteiger partial charge in [-0.05, 0) is 52.2 Å². The first-order valence-corrected chi connectivity index (χ1v) is 19.6. The third kappa shape index (κ3) is 9.10. The van der Waals surface area contributed by atoms with Gasteiger partial charge in [-0.1, -0.05) is 0 Å². The van der Waals surface area contributed by atoms with Crippen LogP contribution >= 0.6 is 0 Å². The maximum Gasteiger partial charge on any atom is 0.391 e. The monoisotopic (exact) mass is 474 g/mol. The summed E-state index contributed by atoms with van der Waals surface area (Å²) in [5.74, 6) is -2.16. The van der Waals surface area contributed by atoms with Crippen molar-refractivity contribution in [2.75, 3.05) is 0 Å². The second-order valence-electron chi connectivity index (χ2n) is 8.34. The Labute approximate surface area is 160 Å². The first-order chi connectivity index (χ1) is 11.6. The maximum atomic E-state index is 13.4. The maximum absolute atomic E-state index is 13.4. The Morgan fingerprint density at radius 2 is 1.04 bits per heavy atom. The Kier molecular flexibility index (Phi) is 7.36. The van der Waals surface area contributed by atoms with Gasteiger partial charge in [0, 0.05) is 12.5 Å². The van der Waals surface area contributed by atoms with E-state index in [-0.39, 0.29) is 0 Å². The largest absolute Gasteiger partial charge is 0.416 e. The molecular weight excluding hydrogens is 446 g/mol. The summed E-state index contributed by atoms with van der Waals surface area (Å²) < 4.78 is 102. The first-order valence-electron chi connectivity index (χ1n) is 8.58. The normalized spacial score (nSPS) is 26.1. The zero-order valence-corrected chi connectivity index (χ0v) is 20.6. The Morgan fingerprint density at radius 3 is 1.37 bits per heavy atom. The molecule has 0 radical (unpaired) electrons. The van der Waals surface area contributed by atoms with E-state index in [1.54, 1.807) is 26.2 Å². The molecule has 1 unspecified atom stereocenters. The highest BCUT2D eigenvalue weighted by molar-refractivity contribution is 6.93. The van der Waals surface area contributed by atoms with Gasteiger partial charge >= 0.3 is 46.6 Å². The fourth-order valence-electron chi connectivity index (χ4n) is 3.56. The van der Waals surface area contributed by atoms with Gasteiger partial charge in [-0.15, -0.1) is 0 Å². The molecule has 0 saturated carbocycles. The molecule has 0 aromatic rings. The van der Waals surface area contributed by atoms with Crippen LogP contribution < -0.4 is 0 Å². The topological polar surface area (TPSA) is 36.9 Å². The van der Waals surface area contributed by atoms with E-state index in [4.69, 9.17) is 16.5 Å². The van der Waals surface area contributed by atoms with Gasteiger partial charge in [-0.2, -0.15) is 26.3 Å². The Morgan fingerprint density at radius 1 is 0.667 bits per heavy atom. The predicted molar refractivity (Wildman–Crippen MR) is 98.0 cm³/mol. The minimum Gasteiger partial charge on any atom is -0.416 e. The molecule has 0 aliphatic carbocycles. The number of hydrogen-bond acceptors (Lipinski definition) is 4. The van der Waals surface area contributed by atoms with Crippen LogP contribution in [0.5, 0.6) is 0 Å². The van der Waals surface area contributed by atoms with E-state index in [9.17, 15) is 26.3 Å². The molecule has 27 heavy (non-hydrogen) atoms. The van der Waals surface area contributed by atoms with Crippen LogP contribution in [0, 0.1) is 5.92 Å². The van der Waals surface area contributed by atoms with E-state index in [0.717, 1.165) is 0 Å². The zero-order valence-electron chi connectivity index (χ0n) is 16.6. The van der Waals surface area contributed by atoms with Crippen LogP contribution in [-0.2, 0) is 16.5 Å². The molecule has 1 aliphatic heterocycles. The molecule has 4 nitrogen and oxygen atoms in total. The Balaban J connectivity index is 3.13. The van der Waals surface area contributed by atoms with Crippen LogP contribution in [0.25, 0.3) is 0 Å². The van der Waals surface area contributed by atoms with Gasteiger partial charge in [-0.3, -0.25) is 0 Å². The van der Waals surface area contributed by atoms with E-state index < -0.39 is 71.4 Å². The molecule has 14 heteroatoms. The van der Waals surface area contributed by atoms with Crippen molar-refractivity contribution in [3.63, 3.8) is 0 Å². The smallest absolute Gasteiger partial charge is 0.391 e. The van der Waals surface area contributed by atoms with Crippen LogP contribution in [0.1, 0.15) is 12.8 Å². The summed E-state index contributed by atoms with van der Waals surface area (Å²) in [6.07, 6.45) is -12.0. The van der Waals surface area contributed by atoms with Gasteiger partial charge in [-0.25, -0.2) is 0 Å². The molecule has 0 amide bonds. The van der Waals surface area contributed by atoms with Gasteiger partial charge in [0.25, 0.3) is 0 Å². The van der Waals surface area contributed by atoms with E-state index in [0.29, 0.717) is 0 Å². The molecule has 1 rings (SSSR count). The summed E-state index contributed by atoms with van der Waals surface area (Å²) in [7, 11) is -11.9. The third-order valence-corrected chi connectivity index (χ3v) is 20.2. The van der Waals surface area contributed by atoms with Crippen LogP contribution in [0.2, 0.25) is 51.9 Å². The molecule has 1 fully saturated rings. The summed E-state index contributed by atoms with van der Waals surface area (Å²) in [5, 5.41) is 0. The molecule has 0 N–H and O–H groups in total.